The average Bonchev–Trinajstić information content (AvgIpc) is 2.32. The number of nitrogens with zero attached hydrogens (tertiary/aromatic N) is 2. The summed E-state index contributed by atoms with van der Waals surface area (Å²) in [6, 6.07) is 7.96. The van der Waals surface area contributed by atoms with Crippen LogP contribution in [-0.4, -0.2) is 16.0 Å². The molecule has 2 N–H and O–H groups in total. The second-order valence-electron chi connectivity index (χ2n) is 5.10. The maximum atomic E-state index is 6.02. The van der Waals surface area contributed by atoms with Gasteiger partial charge >= 0.3 is 0 Å². The van der Waals surface area contributed by atoms with Crippen molar-refractivity contribution in [2.45, 2.75) is 33.7 Å². The Labute approximate surface area is 124 Å². The van der Waals surface area contributed by atoms with Crippen LogP contribution in [-0.2, 0) is 0 Å². The van der Waals surface area contributed by atoms with E-state index in [0.717, 1.165) is 22.8 Å². The highest BCUT2D eigenvalue weighted by atomic mass is 35.5. The zero-order valence-electron chi connectivity index (χ0n) is 12.2. The summed E-state index contributed by atoms with van der Waals surface area (Å²) in [6.45, 7) is 8.11. The first-order chi connectivity index (χ1) is 9.44. The van der Waals surface area contributed by atoms with Crippen molar-refractivity contribution in [3.63, 3.8) is 0 Å². The summed E-state index contributed by atoms with van der Waals surface area (Å²) in [6.07, 6.45) is 0. The number of benzene rings is 1. The van der Waals surface area contributed by atoms with Gasteiger partial charge in [0, 0.05) is 28.5 Å². The Hall–Kier alpha value is -1.81. The van der Waals surface area contributed by atoms with E-state index >= 15 is 0 Å². The molecule has 1 aromatic heterocycles. The topological polar surface area (TPSA) is 49.8 Å². The molecule has 0 saturated heterocycles. The zero-order chi connectivity index (χ0) is 14.7. The Morgan fingerprint density at radius 1 is 1.10 bits per heavy atom. The lowest BCUT2D eigenvalue weighted by Crippen LogP contribution is -2.12. The Balaban J connectivity index is 2.28. The number of rotatable bonds is 4. The molecule has 0 fully saturated rings. The van der Waals surface area contributed by atoms with Gasteiger partial charge in [-0.1, -0.05) is 17.7 Å². The number of halogens is 1. The van der Waals surface area contributed by atoms with Gasteiger partial charge in [0.2, 0.25) is 5.95 Å². The molecule has 106 valence electrons. The molecule has 0 amide bonds. The standard InChI is InChI=1S/C15H19ClN4/c1-9(2)17-14-7-11(4)18-15(20-14)19-13-8-12(16)6-5-10(13)3/h5-9H,1-4H3,(H2,17,18,19,20). The lowest BCUT2D eigenvalue weighted by Gasteiger charge is -2.13. The molecule has 0 spiro atoms. The molecule has 1 heterocycles. The van der Waals surface area contributed by atoms with Crippen molar-refractivity contribution in [1.29, 1.82) is 0 Å². The van der Waals surface area contributed by atoms with Gasteiger partial charge in [0.15, 0.2) is 0 Å². The minimum absolute atomic E-state index is 0.324. The second-order valence-corrected chi connectivity index (χ2v) is 5.54. The van der Waals surface area contributed by atoms with E-state index in [1.807, 2.05) is 38.1 Å². The maximum Gasteiger partial charge on any atom is 0.229 e. The third-order valence-corrected chi connectivity index (χ3v) is 2.97. The molecule has 2 aromatic rings. The summed E-state index contributed by atoms with van der Waals surface area (Å²) < 4.78 is 0. The molecule has 2 rings (SSSR count). The van der Waals surface area contributed by atoms with Gasteiger partial charge < -0.3 is 10.6 Å². The van der Waals surface area contributed by atoms with Crippen molar-refractivity contribution >= 4 is 29.1 Å². The van der Waals surface area contributed by atoms with E-state index in [4.69, 9.17) is 11.6 Å². The number of aryl methyl sites for hydroxylation is 2. The van der Waals surface area contributed by atoms with E-state index in [1.165, 1.54) is 0 Å². The van der Waals surface area contributed by atoms with E-state index in [2.05, 4.69) is 34.4 Å². The van der Waals surface area contributed by atoms with Gasteiger partial charge in [-0.05, 0) is 45.4 Å². The lowest BCUT2D eigenvalue weighted by atomic mass is 10.2. The number of nitrogens with one attached hydrogen (secondary N) is 2. The van der Waals surface area contributed by atoms with Crippen molar-refractivity contribution < 1.29 is 0 Å². The van der Waals surface area contributed by atoms with Gasteiger partial charge in [0.25, 0.3) is 0 Å². The fraction of sp³-hybridized carbons (Fsp3) is 0.333. The fourth-order valence-corrected chi connectivity index (χ4v) is 2.02. The molecule has 0 bridgehead atoms. The monoisotopic (exact) mass is 290 g/mol. The first-order valence-electron chi connectivity index (χ1n) is 6.59. The summed E-state index contributed by atoms with van der Waals surface area (Å²) in [4.78, 5) is 8.87. The summed E-state index contributed by atoms with van der Waals surface area (Å²) in [5.41, 5.74) is 2.92. The van der Waals surface area contributed by atoms with E-state index in [-0.39, 0.29) is 0 Å². The first kappa shape index (κ1) is 14.6. The Bertz CT molecular complexity index is 611. The van der Waals surface area contributed by atoms with Crippen LogP contribution in [0.5, 0.6) is 0 Å². The normalized spacial score (nSPS) is 10.7. The fourth-order valence-electron chi connectivity index (χ4n) is 1.84. The molecule has 20 heavy (non-hydrogen) atoms. The molecule has 0 unspecified atom stereocenters. The van der Waals surface area contributed by atoms with Crippen molar-refractivity contribution in [2.24, 2.45) is 0 Å². The lowest BCUT2D eigenvalue weighted by molar-refractivity contribution is 0.885. The second kappa shape index (κ2) is 6.09. The molecule has 5 heteroatoms. The highest BCUT2D eigenvalue weighted by Crippen LogP contribution is 2.23. The molecule has 4 nitrogen and oxygen atoms in total. The maximum absolute atomic E-state index is 6.02. The molecular formula is C15H19ClN4. The molecule has 0 saturated carbocycles. The third-order valence-electron chi connectivity index (χ3n) is 2.74. The predicted octanol–water partition coefficient (Wildman–Crippen LogP) is 4.31. The van der Waals surface area contributed by atoms with Gasteiger partial charge in [-0.2, -0.15) is 4.98 Å². The van der Waals surface area contributed by atoms with Crippen LogP contribution < -0.4 is 10.6 Å². The minimum Gasteiger partial charge on any atom is -0.368 e. The number of hydrogen-bond acceptors (Lipinski definition) is 4. The van der Waals surface area contributed by atoms with E-state index in [1.54, 1.807) is 0 Å². The van der Waals surface area contributed by atoms with Crippen LogP contribution in [0.2, 0.25) is 5.02 Å². The Morgan fingerprint density at radius 2 is 1.85 bits per heavy atom. The van der Waals surface area contributed by atoms with Crippen LogP contribution in [0.4, 0.5) is 17.5 Å². The predicted molar refractivity (Wildman–Crippen MR) is 85.0 cm³/mol. The van der Waals surface area contributed by atoms with Crippen LogP contribution in [0.25, 0.3) is 0 Å². The number of anilines is 3. The highest BCUT2D eigenvalue weighted by molar-refractivity contribution is 6.30. The van der Waals surface area contributed by atoms with Gasteiger partial charge in [0.05, 0.1) is 0 Å². The van der Waals surface area contributed by atoms with Gasteiger partial charge in [-0.25, -0.2) is 4.98 Å². The van der Waals surface area contributed by atoms with Crippen molar-refractivity contribution in [2.75, 3.05) is 10.6 Å². The molecule has 0 radical (unpaired) electrons. The molecule has 0 atom stereocenters. The van der Waals surface area contributed by atoms with Gasteiger partial charge in [-0.15, -0.1) is 0 Å². The first-order valence-corrected chi connectivity index (χ1v) is 6.97. The van der Waals surface area contributed by atoms with Crippen LogP contribution in [0, 0.1) is 13.8 Å². The van der Waals surface area contributed by atoms with Crippen LogP contribution in [0.1, 0.15) is 25.1 Å². The summed E-state index contributed by atoms with van der Waals surface area (Å²) in [5.74, 6) is 1.38. The van der Waals surface area contributed by atoms with Crippen LogP contribution in [0.3, 0.4) is 0 Å². The number of aromatic nitrogens is 2. The Kier molecular flexibility index (Phi) is 4.45. The summed E-state index contributed by atoms with van der Waals surface area (Å²) in [5, 5.41) is 7.19. The molecule has 0 aliphatic heterocycles. The largest absolute Gasteiger partial charge is 0.368 e. The molecule has 0 aliphatic rings. The summed E-state index contributed by atoms with van der Waals surface area (Å²) in [7, 11) is 0. The van der Waals surface area contributed by atoms with Crippen molar-refractivity contribution in [3.05, 3.63) is 40.5 Å². The quantitative estimate of drug-likeness (QED) is 0.881. The SMILES string of the molecule is Cc1cc(NC(C)C)nc(Nc2cc(Cl)ccc2C)n1. The zero-order valence-corrected chi connectivity index (χ0v) is 12.9. The highest BCUT2D eigenvalue weighted by Gasteiger charge is 2.06. The molecule has 0 aliphatic carbocycles. The van der Waals surface area contributed by atoms with Gasteiger partial charge in [0.1, 0.15) is 5.82 Å². The van der Waals surface area contributed by atoms with Gasteiger partial charge in [-0.3, -0.25) is 0 Å². The minimum atomic E-state index is 0.324. The summed E-state index contributed by atoms with van der Waals surface area (Å²) >= 11 is 6.02. The average molecular weight is 291 g/mol. The molecular weight excluding hydrogens is 272 g/mol. The Morgan fingerprint density at radius 3 is 2.55 bits per heavy atom. The third kappa shape index (κ3) is 3.84. The number of hydrogen-bond donors (Lipinski definition) is 2. The van der Waals surface area contributed by atoms with Crippen LogP contribution in [0.15, 0.2) is 24.3 Å². The van der Waals surface area contributed by atoms with E-state index in [9.17, 15) is 0 Å². The van der Waals surface area contributed by atoms with Crippen molar-refractivity contribution in [3.8, 4) is 0 Å². The van der Waals surface area contributed by atoms with E-state index in [0.29, 0.717) is 17.0 Å². The van der Waals surface area contributed by atoms with Crippen molar-refractivity contribution in [1.82, 2.24) is 9.97 Å². The van der Waals surface area contributed by atoms with Crippen LogP contribution >= 0.6 is 11.6 Å². The smallest absolute Gasteiger partial charge is 0.229 e. The van der Waals surface area contributed by atoms with E-state index < -0.39 is 0 Å². The molecule has 1 aromatic carbocycles.